The summed E-state index contributed by atoms with van der Waals surface area (Å²) in [6.45, 7) is 0. The Kier molecular flexibility index (Phi) is 2.72. The molecule has 3 rings (SSSR count). The second-order valence-electron chi connectivity index (χ2n) is 3.62. The highest BCUT2D eigenvalue weighted by Crippen LogP contribution is 2.19. The number of hydrogen-bond acceptors (Lipinski definition) is 3. The molecule has 0 amide bonds. The molecule has 2 aromatic heterocycles. The number of halogens is 1. The van der Waals surface area contributed by atoms with Gasteiger partial charge >= 0.3 is 0 Å². The molecule has 3 aromatic rings. The monoisotopic (exact) mass is 333 g/mol. The van der Waals surface area contributed by atoms with E-state index in [9.17, 15) is 0 Å². The third-order valence-electron chi connectivity index (χ3n) is 2.49. The number of hydrogen-bond donors (Lipinski definition) is 0. The van der Waals surface area contributed by atoms with E-state index in [1.807, 2.05) is 30.3 Å². The van der Waals surface area contributed by atoms with Gasteiger partial charge in [-0.2, -0.15) is 0 Å². The summed E-state index contributed by atoms with van der Waals surface area (Å²) in [6.07, 6.45) is 1.56. The zero-order valence-electron chi connectivity index (χ0n) is 8.84. The summed E-state index contributed by atoms with van der Waals surface area (Å²) >= 11 is 2.17. The Labute approximate surface area is 112 Å². The third kappa shape index (κ3) is 2.12. The number of pyridine rings is 1. The van der Waals surface area contributed by atoms with E-state index >= 15 is 0 Å². The van der Waals surface area contributed by atoms with E-state index in [0.29, 0.717) is 0 Å². The van der Waals surface area contributed by atoms with Crippen LogP contribution in [0.5, 0.6) is 0 Å². The second-order valence-corrected chi connectivity index (χ2v) is 4.72. The predicted octanol–water partition coefficient (Wildman–Crippen LogP) is 3.30. The van der Waals surface area contributed by atoms with Crippen LogP contribution in [0.4, 0.5) is 0 Å². The van der Waals surface area contributed by atoms with Crippen LogP contribution in [0.1, 0.15) is 0 Å². The topological polar surface area (TPSA) is 38.7 Å². The SMILES string of the molecule is Ic1cc(-c2ccc3ccccc3n2)ncn1. The number of aromatic nitrogens is 3. The van der Waals surface area contributed by atoms with E-state index in [-0.39, 0.29) is 0 Å². The Morgan fingerprint density at radius 2 is 1.76 bits per heavy atom. The molecule has 0 fully saturated rings. The lowest BCUT2D eigenvalue weighted by Gasteiger charge is -2.02. The maximum Gasteiger partial charge on any atom is 0.117 e. The first-order valence-corrected chi connectivity index (χ1v) is 6.24. The smallest absolute Gasteiger partial charge is 0.117 e. The number of nitrogens with zero attached hydrogens (tertiary/aromatic N) is 3. The van der Waals surface area contributed by atoms with Gasteiger partial charge in [0.05, 0.1) is 16.9 Å². The number of rotatable bonds is 1. The molecule has 0 saturated carbocycles. The Morgan fingerprint density at radius 3 is 2.65 bits per heavy atom. The minimum atomic E-state index is 0.857. The first-order chi connectivity index (χ1) is 8.33. The summed E-state index contributed by atoms with van der Waals surface area (Å²) in [6, 6.07) is 14.0. The molecule has 0 aliphatic heterocycles. The van der Waals surface area contributed by atoms with Crippen molar-refractivity contribution >= 4 is 33.5 Å². The minimum Gasteiger partial charge on any atom is -0.246 e. The van der Waals surface area contributed by atoms with Crippen molar-refractivity contribution in [2.75, 3.05) is 0 Å². The molecule has 0 radical (unpaired) electrons. The summed E-state index contributed by atoms with van der Waals surface area (Å²) in [5.41, 5.74) is 2.72. The van der Waals surface area contributed by atoms with E-state index in [2.05, 4.69) is 49.7 Å². The average Bonchev–Trinajstić information content (AvgIpc) is 2.38. The highest BCUT2D eigenvalue weighted by atomic mass is 127. The third-order valence-corrected chi connectivity index (χ3v) is 3.08. The van der Waals surface area contributed by atoms with Gasteiger partial charge < -0.3 is 0 Å². The lowest BCUT2D eigenvalue weighted by molar-refractivity contribution is 1.13. The molecule has 4 heteroatoms. The van der Waals surface area contributed by atoms with Crippen molar-refractivity contribution in [2.24, 2.45) is 0 Å². The van der Waals surface area contributed by atoms with E-state index in [1.165, 1.54) is 0 Å². The van der Waals surface area contributed by atoms with Gasteiger partial charge in [-0.15, -0.1) is 0 Å². The standard InChI is InChI=1S/C13H8IN3/c14-13-7-12(15-8-16-13)11-6-5-9-3-1-2-4-10(9)17-11/h1-8H. The van der Waals surface area contributed by atoms with E-state index in [1.54, 1.807) is 6.33 Å². The van der Waals surface area contributed by atoms with Crippen molar-refractivity contribution in [3.05, 3.63) is 52.5 Å². The quantitative estimate of drug-likeness (QED) is 0.507. The molecule has 0 atom stereocenters. The molecule has 0 aliphatic carbocycles. The van der Waals surface area contributed by atoms with Crippen LogP contribution in [0.2, 0.25) is 0 Å². The molecular formula is C13H8IN3. The van der Waals surface area contributed by atoms with E-state index in [0.717, 1.165) is 26.0 Å². The molecule has 0 N–H and O–H groups in total. The molecule has 82 valence electrons. The van der Waals surface area contributed by atoms with Crippen LogP contribution in [0.15, 0.2) is 48.8 Å². The molecular weight excluding hydrogens is 325 g/mol. The van der Waals surface area contributed by atoms with E-state index in [4.69, 9.17) is 0 Å². The van der Waals surface area contributed by atoms with Crippen LogP contribution in [-0.4, -0.2) is 15.0 Å². The van der Waals surface area contributed by atoms with Crippen molar-refractivity contribution in [3.63, 3.8) is 0 Å². The highest BCUT2D eigenvalue weighted by molar-refractivity contribution is 14.1. The molecule has 0 aliphatic rings. The molecule has 3 nitrogen and oxygen atoms in total. The van der Waals surface area contributed by atoms with Crippen LogP contribution in [0, 0.1) is 3.70 Å². The summed E-state index contributed by atoms with van der Waals surface area (Å²) in [4.78, 5) is 12.9. The Balaban J connectivity index is 2.18. The molecule has 2 heterocycles. The van der Waals surface area contributed by atoms with Gasteiger partial charge in [0, 0.05) is 5.39 Å². The number of benzene rings is 1. The second kappa shape index (κ2) is 4.37. The maximum atomic E-state index is 4.59. The van der Waals surface area contributed by atoms with Gasteiger partial charge in [0.15, 0.2) is 0 Å². The fourth-order valence-corrected chi connectivity index (χ4v) is 2.10. The first kappa shape index (κ1) is 10.6. The predicted molar refractivity (Wildman–Crippen MR) is 75.5 cm³/mol. The van der Waals surface area contributed by atoms with Crippen LogP contribution in [-0.2, 0) is 0 Å². The maximum absolute atomic E-state index is 4.59. The van der Waals surface area contributed by atoms with Crippen molar-refractivity contribution in [1.29, 1.82) is 0 Å². The van der Waals surface area contributed by atoms with Crippen LogP contribution < -0.4 is 0 Å². The fourth-order valence-electron chi connectivity index (χ4n) is 1.68. The number of fused-ring (bicyclic) bond motifs is 1. The van der Waals surface area contributed by atoms with Gasteiger partial charge in [0.25, 0.3) is 0 Å². The van der Waals surface area contributed by atoms with Crippen molar-refractivity contribution in [2.45, 2.75) is 0 Å². The van der Waals surface area contributed by atoms with Crippen LogP contribution in [0.25, 0.3) is 22.3 Å². The molecule has 0 spiro atoms. The van der Waals surface area contributed by atoms with E-state index < -0.39 is 0 Å². The Bertz CT molecular complexity index is 682. The normalized spacial score (nSPS) is 10.6. The zero-order valence-corrected chi connectivity index (χ0v) is 11.0. The van der Waals surface area contributed by atoms with Crippen molar-refractivity contribution in [3.8, 4) is 11.4 Å². The summed E-state index contributed by atoms with van der Waals surface area (Å²) in [5.74, 6) is 0. The zero-order chi connectivity index (χ0) is 11.7. The summed E-state index contributed by atoms with van der Waals surface area (Å²) in [7, 11) is 0. The average molecular weight is 333 g/mol. The minimum absolute atomic E-state index is 0.857. The van der Waals surface area contributed by atoms with Crippen LogP contribution >= 0.6 is 22.6 Å². The molecule has 17 heavy (non-hydrogen) atoms. The van der Waals surface area contributed by atoms with Gasteiger partial charge in [0.2, 0.25) is 0 Å². The highest BCUT2D eigenvalue weighted by Gasteiger charge is 2.03. The number of para-hydroxylation sites is 1. The molecule has 0 unspecified atom stereocenters. The summed E-state index contributed by atoms with van der Waals surface area (Å²) < 4.78 is 0.919. The Morgan fingerprint density at radius 1 is 0.882 bits per heavy atom. The van der Waals surface area contributed by atoms with Gasteiger partial charge in [-0.3, -0.25) is 0 Å². The lowest BCUT2D eigenvalue weighted by atomic mass is 10.2. The Hall–Kier alpha value is -1.56. The van der Waals surface area contributed by atoms with Gasteiger partial charge in [0.1, 0.15) is 10.0 Å². The largest absolute Gasteiger partial charge is 0.246 e. The fraction of sp³-hybridized carbons (Fsp3) is 0. The van der Waals surface area contributed by atoms with Gasteiger partial charge in [-0.05, 0) is 40.8 Å². The molecule has 0 saturated heterocycles. The van der Waals surface area contributed by atoms with Crippen molar-refractivity contribution in [1.82, 2.24) is 15.0 Å². The molecule has 0 bridgehead atoms. The lowest BCUT2D eigenvalue weighted by Crippen LogP contribution is -1.90. The van der Waals surface area contributed by atoms with Crippen molar-refractivity contribution < 1.29 is 0 Å². The van der Waals surface area contributed by atoms with Gasteiger partial charge in [-0.25, -0.2) is 15.0 Å². The van der Waals surface area contributed by atoms with Crippen LogP contribution in [0.3, 0.4) is 0 Å². The first-order valence-electron chi connectivity index (χ1n) is 5.17. The molecule has 1 aromatic carbocycles. The van der Waals surface area contributed by atoms with Gasteiger partial charge in [-0.1, -0.05) is 24.3 Å². The summed E-state index contributed by atoms with van der Waals surface area (Å²) in [5, 5.41) is 1.14.